The van der Waals surface area contributed by atoms with E-state index in [9.17, 15) is 14.4 Å². The molecule has 0 saturated heterocycles. The van der Waals surface area contributed by atoms with Crippen LogP contribution < -0.4 is 40.3 Å². The normalized spacial score (nSPS) is 13.3. The van der Waals surface area contributed by atoms with Gasteiger partial charge in [-0.2, -0.15) is 9.42 Å². The van der Waals surface area contributed by atoms with E-state index in [1.165, 1.54) is 27.4 Å². The second-order valence-electron chi connectivity index (χ2n) is 22.0. The van der Waals surface area contributed by atoms with Crippen LogP contribution in [0.2, 0.25) is 0 Å². The number of H-pyrrole nitrogens is 1. The van der Waals surface area contributed by atoms with Crippen LogP contribution in [0.3, 0.4) is 0 Å². The van der Waals surface area contributed by atoms with Crippen molar-refractivity contribution in [3.05, 3.63) is 125 Å². The number of para-hydroxylation sites is 1. The largest absolute Gasteiger partial charge is 0.497 e. The first-order valence-electron chi connectivity index (χ1n) is 26.3. The van der Waals surface area contributed by atoms with Crippen molar-refractivity contribution in [3.8, 4) is 28.4 Å². The van der Waals surface area contributed by atoms with Crippen LogP contribution in [-0.2, 0) is 53.9 Å². The summed E-state index contributed by atoms with van der Waals surface area (Å²) in [5, 5.41) is 16.6. The van der Waals surface area contributed by atoms with Crippen molar-refractivity contribution in [1.82, 2.24) is 40.4 Å². The van der Waals surface area contributed by atoms with E-state index in [4.69, 9.17) is 38.4 Å². The molecule has 1 aliphatic rings. The second kappa shape index (κ2) is 25.9. The third-order valence-electron chi connectivity index (χ3n) is 12.0. The molecular weight excluding hydrogens is 1110 g/mol. The second-order valence-corrected chi connectivity index (χ2v) is 25.6. The van der Waals surface area contributed by atoms with E-state index in [1.807, 2.05) is 0 Å². The van der Waals surface area contributed by atoms with E-state index in [0.29, 0.717) is 33.7 Å². The lowest BCUT2D eigenvalue weighted by molar-refractivity contribution is 0.0461. The lowest BCUT2D eigenvalue weighted by atomic mass is 9.97. The fourth-order valence-corrected chi connectivity index (χ4v) is 11.9. The standard InChI is InChI=1S/C57H71N11O13S2/c1-55(2,3)79-52(69)58-28-29-61-82(72,73)46-27-25-40(41-14-13-15-42-48(41)65-50(62-42)44(64-54(71)81-57(7,8)9)32-59-53(70)80-56(4,5)6)47(51-63-43-30-37(31-60-67-66-51)20-26-45(43)78-12)49(46)83(74,75)68(33-35-16-21-38(76-10)22-17-35)34-36-18-23-39(77-11)24-19-36/h13-27,30,44,61H,28-29,31-34H2,1-12H3,(H,58,69)(H,59,70)(H,62,65)(H,64,71)(H,60,63,66)/t44-/m0/s1. The number of methoxy groups -OCH3 is 3. The number of hydrogen-bond donors (Lipinski definition) is 6. The predicted molar refractivity (Wildman–Crippen MR) is 311 cm³/mol. The summed E-state index contributed by atoms with van der Waals surface area (Å²) in [5.41, 5.74) is 2.73. The maximum absolute atomic E-state index is 16.6. The lowest BCUT2D eigenvalue weighted by Crippen LogP contribution is -2.42. The number of rotatable bonds is 20. The van der Waals surface area contributed by atoms with Gasteiger partial charge in [0.2, 0.25) is 20.0 Å². The van der Waals surface area contributed by atoms with E-state index >= 15 is 16.8 Å². The average Bonchev–Trinajstić information content (AvgIpc) is 2.53. The Balaban J connectivity index is 1.53. The third-order valence-corrected chi connectivity index (χ3v) is 15.5. The zero-order valence-corrected chi connectivity index (χ0v) is 50.1. The number of sulfonamides is 2. The minimum absolute atomic E-state index is 0.0641. The average molecular weight is 1180 g/mol. The number of fused-ring (bicyclic) bond motifs is 3. The number of benzene rings is 5. The molecule has 1 atom stereocenters. The van der Waals surface area contributed by atoms with Crippen LogP contribution >= 0.6 is 0 Å². The van der Waals surface area contributed by atoms with Gasteiger partial charge in [0.15, 0.2) is 5.84 Å². The molecule has 3 amide bonds. The number of nitrogens with zero attached hydrogens (tertiary/aromatic N) is 5. The molecule has 0 radical (unpaired) electrons. The van der Waals surface area contributed by atoms with Gasteiger partial charge in [-0.3, -0.25) is 0 Å². The summed E-state index contributed by atoms with van der Waals surface area (Å²) in [6, 6.07) is 25.1. The molecule has 0 unspecified atom stereocenters. The molecule has 6 aromatic rings. The third kappa shape index (κ3) is 16.7. The summed E-state index contributed by atoms with van der Waals surface area (Å²) in [5.74, 6) is 1.14. The van der Waals surface area contributed by atoms with Crippen LogP contribution in [0.25, 0.3) is 22.2 Å². The molecule has 6 N–H and O–H groups in total. The van der Waals surface area contributed by atoms with Gasteiger partial charge in [-0.1, -0.05) is 53.8 Å². The Morgan fingerprint density at radius 3 is 1.84 bits per heavy atom. The SMILES string of the molecule is COc1ccc(CN(Cc2ccc(OC)cc2)S(=O)(=O)c2c(S(=O)(=O)NCCNC(=O)OC(C)(C)C)ccc(-c3cccc4[nH]c([C@H](CNC(=O)OC(C)(C)C)NC(=O)OC(C)(C)C)nc34)c2C2=Nc3cc(ccc3OC)CN=NN2)cc1. The van der Waals surface area contributed by atoms with Crippen molar-refractivity contribution in [2.24, 2.45) is 15.3 Å². The van der Waals surface area contributed by atoms with Gasteiger partial charge in [-0.15, -0.1) is 0 Å². The summed E-state index contributed by atoms with van der Waals surface area (Å²) in [6.07, 6.45) is -2.41. The number of ether oxygens (including phenoxy) is 6. The Morgan fingerprint density at radius 1 is 0.675 bits per heavy atom. The Morgan fingerprint density at radius 2 is 1.27 bits per heavy atom. The van der Waals surface area contributed by atoms with Crippen LogP contribution in [0, 0.1) is 0 Å². The molecule has 5 aromatic carbocycles. The molecule has 0 aliphatic carbocycles. The summed E-state index contributed by atoms with van der Waals surface area (Å²) in [6.45, 7) is 13.8. The number of imidazole rings is 1. The molecule has 83 heavy (non-hydrogen) atoms. The Kier molecular flexibility index (Phi) is 19.4. The maximum atomic E-state index is 16.6. The number of carbonyl (C=O) groups excluding carboxylic acids is 3. The zero-order chi connectivity index (χ0) is 60.5. The summed E-state index contributed by atoms with van der Waals surface area (Å²) in [7, 11) is -5.63. The smallest absolute Gasteiger partial charge is 0.408 e. The van der Waals surface area contributed by atoms with Gasteiger partial charge in [0.25, 0.3) is 0 Å². The molecule has 1 aromatic heterocycles. The highest BCUT2D eigenvalue weighted by Crippen LogP contribution is 2.41. The summed E-state index contributed by atoms with van der Waals surface area (Å²) >= 11 is 0. The first-order valence-corrected chi connectivity index (χ1v) is 29.2. The minimum atomic E-state index is -5.16. The van der Waals surface area contributed by atoms with Crippen molar-refractivity contribution in [2.45, 2.75) is 115 Å². The van der Waals surface area contributed by atoms with Crippen molar-refractivity contribution < 1.29 is 59.6 Å². The van der Waals surface area contributed by atoms with Crippen LogP contribution in [0.4, 0.5) is 20.1 Å². The molecule has 2 heterocycles. The molecule has 1 aliphatic heterocycles. The maximum Gasteiger partial charge on any atom is 0.408 e. The monoisotopic (exact) mass is 1180 g/mol. The number of amidine groups is 1. The van der Waals surface area contributed by atoms with Crippen LogP contribution in [0.5, 0.6) is 17.2 Å². The number of aromatic nitrogens is 2. The van der Waals surface area contributed by atoms with E-state index in [1.54, 1.807) is 147 Å². The fourth-order valence-electron chi connectivity index (χ4n) is 8.43. The molecule has 0 saturated carbocycles. The highest BCUT2D eigenvalue weighted by Gasteiger charge is 2.39. The zero-order valence-electron chi connectivity index (χ0n) is 48.4. The van der Waals surface area contributed by atoms with Crippen LogP contribution in [0.15, 0.2) is 122 Å². The molecule has 0 fully saturated rings. The Labute approximate surface area is 483 Å². The number of aromatic amines is 1. The first kappa shape index (κ1) is 62.3. The van der Waals surface area contributed by atoms with Gasteiger partial charge in [-0.05, 0) is 133 Å². The predicted octanol–water partition coefficient (Wildman–Crippen LogP) is 9.09. The highest BCUT2D eigenvalue weighted by atomic mass is 32.2. The van der Waals surface area contributed by atoms with Crippen molar-refractivity contribution in [2.75, 3.05) is 41.0 Å². The minimum Gasteiger partial charge on any atom is -0.497 e. The van der Waals surface area contributed by atoms with Crippen LogP contribution in [0.1, 0.15) is 96.4 Å². The molecule has 7 rings (SSSR count). The van der Waals surface area contributed by atoms with E-state index < -0.39 is 77.5 Å². The van der Waals surface area contributed by atoms with Gasteiger partial charge < -0.3 is 49.4 Å². The number of amides is 3. The van der Waals surface area contributed by atoms with Crippen molar-refractivity contribution in [3.63, 3.8) is 0 Å². The molecule has 26 heteroatoms. The van der Waals surface area contributed by atoms with Crippen molar-refractivity contribution >= 4 is 60.9 Å². The number of nitrogens with one attached hydrogen (secondary N) is 6. The first-order chi connectivity index (χ1) is 39.1. The van der Waals surface area contributed by atoms with Gasteiger partial charge in [0.1, 0.15) is 61.4 Å². The van der Waals surface area contributed by atoms with Gasteiger partial charge in [-0.25, -0.2) is 51.3 Å². The summed E-state index contributed by atoms with van der Waals surface area (Å²) in [4.78, 5) is 51.0. The Hall–Kier alpha value is -8.33. The van der Waals surface area contributed by atoms with Gasteiger partial charge >= 0.3 is 18.3 Å². The number of hydrogen-bond acceptors (Lipinski definition) is 18. The quantitative estimate of drug-likeness (QED) is 0.0307. The number of alkyl carbamates (subject to hydrolysis) is 3. The summed E-state index contributed by atoms with van der Waals surface area (Å²) < 4.78 is 100. The van der Waals surface area contributed by atoms with Gasteiger partial charge in [0.05, 0.1) is 38.9 Å². The topological polar surface area (TPSA) is 304 Å². The number of aliphatic imine (C=N–C) groups is 1. The lowest BCUT2D eigenvalue weighted by Gasteiger charge is -2.27. The van der Waals surface area contributed by atoms with Crippen molar-refractivity contribution in [1.29, 1.82) is 0 Å². The van der Waals surface area contributed by atoms with Gasteiger partial charge in [0, 0.05) is 43.9 Å². The fraction of sp³-hybridized carbons (Fsp3) is 0.386. The molecule has 444 valence electrons. The van der Waals surface area contributed by atoms with Crippen LogP contribution in [-0.4, -0.2) is 113 Å². The molecular formula is C57H71N11O13S2. The Bertz CT molecular complexity index is 3560. The van der Waals surface area contributed by atoms with E-state index in [2.05, 4.69) is 41.4 Å². The molecule has 24 nitrogen and oxygen atoms in total. The molecule has 0 spiro atoms. The molecule has 2 bridgehead atoms. The van der Waals surface area contributed by atoms with E-state index in [0.717, 1.165) is 10.4 Å². The number of carbonyl (C=O) groups is 3. The highest BCUT2D eigenvalue weighted by molar-refractivity contribution is 7.92. The van der Waals surface area contributed by atoms with E-state index in [-0.39, 0.29) is 78.0 Å².